The third kappa shape index (κ3) is 3.87. The van der Waals surface area contributed by atoms with Crippen LogP contribution in [-0.4, -0.2) is 34.1 Å². The maximum atomic E-state index is 6.15. The second-order valence-corrected chi connectivity index (χ2v) is 7.13. The quantitative estimate of drug-likeness (QED) is 0.780. The Hall–Kier alpha value is -1.87. The first-order chi connectivity index (χ1) is 12.3. The van der Waals surface area contributed by atoms with E-state index in [4.69, 9.17) is 21.5 Å². The van der Waals surface area contributed by atoms with E-state index < -0.39 is 6.23 Å². The highest BCUT2D eigenvalue weighted by Crippen LogP contribution is 2.32. The molecule has 25 heavy (non-hydrogen) atoms. The summed E-state index contributed by atoms with van der Waals surface area (Å²) in [5.41, 5.74) is 3.74. The van der Waals surface area contributed by atoms with Gasteiger partial charge >= 0.3 is 0 Å². The van der Waals surface area contributed by atoms with Crippen molar-refractivity contribution in [3.05, 3.63) is 46.4 Å². The van der Waals surface area contributed by atoms with Crippen LogP contribution in [0.4, 0.5) is 0 Å². The normalized spacial score (nSPS) is 19.4. The monoisotopic (exact) mass is 378 g/mol. The van der Waals surface area contributed by atoms with E-state index in [-0.39, 0.29) is 0 Å². The van der Waals surface area contributed by atoms with Gasteiger partial charge in [-0.25, -0.2) is 9.99 Å². The summed E-state index contributed by atoms with van der Waals surface area (Å²) in [6.07, 6.45) is 3.37. The lowest BCUT2D eigenvalue weighted by atomic mass is 9.99. The highest BCUT2D eigenvalue weighted by Gasteiger charge is 2.29. The molecule has 0 spiro atoms. The zero-order valence-electron chi connectivity index (χ0n) is 13.5. The summed E-state index contributed by atoms with van der Waals surface area (Å²) in [6, 6.07) is 9.66. The molecule has 1 fully saturated rings. The van der Waals surface area contributed by atoms with E-state index in [0.29, 0.717) is 5.92 Å². The van der Waals surface area contributed by atoms with Gasteiger partial charge in [-0.2, -0.15) is 0 Å². The van der Waals surface area contributed by atoms with Gasteiger partial charge in [0.05, 0.1) is 16.8 Å². The lowest BCUT2D eigenvalue weighted by Crippen LogP contribution is -2.41. The predicted molar refractivity (Wildman–Crippen MR) is 97.9 cm³/mol. The fourth-order valence-corrected chi connectivity index (χ4v) is 4.04. The van der Waals surface area contributed by atoms with E-state index in [1.807, 2.05) is 30.3 Å². The summed E-state index contributed by atoms with van der Waals surface area (Å²) in [5.74, 6) is 1.27. The molecule has 2 aromatic rings. The lowest BCUT2D eigenvalue weighted by Gasteiger charge is -2.26. The van der Waals surface area contributed by atoms with Gasteiger partial charge in [0.15, 0.2) is 0 Å². The lowest BCUT2D eigenvalue weighted by molar-refractivity contribution is 0.0197. The molecule has 4 rings (SSSR count). The van der Waals surface area contributed by atoms with E-state index in [9.17, 15) is 0 Å². The Morgan fingerprint density at radius 1 is 1.24 bits per heavy atom. The zero-order valence-corrected chi connectivity index (χ0v) is 15.1. The van der Waals surface area contributed by atoms with Crippen molar-refractivity contribution in [3.8, 4) is 5.75 Å². The van der Waals surface area contributed by atoms with Crippen molar-refractivity contribution in [2.45, 2.75) is 25.0 Å². The Morgan fingerprint density at radius 2 is 2.04 bits per heavy atom. The molecule has 7 nitrogen and oxygen atoms in total. The van der Waals surface area contributed by atoms with Gasteiger partial charge in [-0.3, -0.25) is 0 Å². The number of halogens is 1. The summed E-state index contributed by atoms with van der Waals surface area (Å²) in [7, 11) is 0. The molecule has 3 heterocycles. The summed E-state index contributed by atoms with van der Waals surface area (Å²) < 4.78 is 7.26. The second kappa shape index (κ2) is 7.57. The molecule has 0 amide bonds. The van der Waals surface area contributed by atoms with Crippen LogP contribution in [0.1, 0.15) is 35.7 Å². The van der Waals surface area contributed by atoms with Crippen LogP contribution < -0.4 is 15.6 Å². The number of nitrogens with one attached hydrogen (secondary N) is 2. The number of thiazole rings is 1. The molecule has 9 heteroatoms. The number of benzene rings is 1. The number of hydrogen-bond donors (Lipinski definition) is 2. The number of aromatic nitrogens is 1. The number of nitrogens with zero attached hydrogens (tertiary/aromatic N) is 4. The minimum absolute atomic E-state index is 0.457. The number of ether oxygens (including phenoxy) is 1. The molecular weight excluding hydrogens is 360 g/mol. The summed E-state index contributed by atoms with van der Waals surface area (Å²) in [5, 5.41) is 12.3. The van der Waals surface area contributed by atoms with Crippen LogP contribution in [0, 0.1) is 0 Å². The summed E-state index contributed by atoms with van der Waals surface area (Å²) in [6.45, 7) is 2.09. The van der Waals surface area contributed by atoms with E-state index >= 15 is 0 Å². The molecule has 1 aromatic carbocycles. The van der Waals surface area contributed by atoms with E-state index in [1.165, 1.54) is 0 Å². The van der Waals surface area contributed by atoms with Crippen molar-refractivity contribution < 1.29 is 4.74 Å². The van der Waals surface area contributed by atoms with Crippen LogP contribution in [0.15, 0.2) is 40.8 Å². The van der Waals surface area contributed by atoms with Crippen molar-refractivity contribution in [2.24, 2.45) is 5.10 Å². The topological polar surface area (TPSA) is 65.0 Å². The van der Waals surface area contributed by atoms with Crippen LogP contribution in [-0.2, 0) is 0 Å². The molecule has 0 bridgehead atoms. The predicted octanol–water partition coefficient (Wildman–Crippen LogP) is 2.82. The van der Waals surface area contributed by atoms with Gasteiger partial charge in [-0.15, -0.1) is 26.6 Å². The number of piperidine rings is 1. The van der Waals surface area contributed by atoms with Crippen LogP contribution in [0.5, 0.6) is 5.75 Å². The van der Waals surface area contributed by atoms with Gasteiger partial charge in [0.1, 0.15) is 17.8 Å². The maximum absolute atomic E-state index is 6.15. The van der Waals surface area contributed by atoms with Gasteiger partial charge in [0.25, 0.3) is 0 Å². The SMILES string of the molecule is ClN1N=CN(C(Oc2ccccc2)c2csc(C3CCNCC3)n2)N1. The van der Waals surface area contributed by atoms with Crippen molar-refractivity contribution in [2.75, 3.05) is 13.1 Å². The second-order valence-electron chi connectivity index (χ2n) is 5.92. The van der Waals surface area contributed by atoms with Gasteiger partial charge in [-0.1, -0.05) is 18.2 Å². The Balaban J connectivity index is 1.57. The number of rotatable bonds is 5. The van der Waals surface area contributed by atoms with E-state index in [2.05, 4.69) is 21.3 Å². The van der Waals surface area contributed by atoms with Crippen LogP contribution in [0.25, 0.3) is 0 Å². The molecule has 0 radical (unpaired) electrons. The molecule has 1 atom stereocenters. The maximum Gasteiger partial charge on any atom is 0.232 e. The van der Waals surface area contributed by atoms with Crippen LogP contribution >= 0.6 is 23.1 Å². The Morgan fingerprint density at radius 3 is 2.76 bits per heavy atom. The summed E-state index contributed by atoms with van der Waals surface area (Å²) >= 11 is 7.56. The van der Waals surface area contributed by atoms with Gasteiger partial charge in [0.2, 0.25) is 6.23 Å². The molecule has 1 aromatic heterocycles. The highest BCUT2D eigenvalue weighted by atomic mass is 35.5. The molecule has 132 valence electrons. The average Bonchev–Trinajstić information content (AvgIpc) is 3.31. The third-order valence-corrected chi connectivity index (χ3v) is 5.39. The van der Waals surface area contributed by atoms with E-state index in [1.54, 1.807) is 22.7 Å². The molecule has 2 aliphatic rings. The molecule has 1 unspecified atom stereocenters. The largest absolute Gasteiger partial charge is 0.463 e. The van der Waals surface area contributed by atoms with E-state index in [0.717, 1.165) is 47.0 Å². The van der Waals surface area contributed by atoms with Gasteiger partial charge < -0.3 is 10.1 Å². The van der Waals surface area contributed by atoms with Gasteiger partial charge in [-0.05, 0) is 38.1 Å². The third-order valence-electron chi connectivity index (χ3n) is 4.20. The summed E-state index contributed by atoms with van der Waals surface area (Å²) in [4.78, 5) is 4.86. The van der Waals surface area contributed by atoms with Gasteiger partial charge in [0, 0.05) is 11.3 Å². The first-order valence-corrected chi connectivity index (χ1v) is 9.44. The molecule has 1 saturated heterocycles. The average molecular weight is 379 g/mol. The van der Waals surface area contributed by atoms with Crippen LogP contribution in [0.3, 0.4) is 0 Å². The standard InChI is InChI=1S/C16H19ClN6OS/c17-23-19-11-22(21-23)16(24-13-4-2-1-3-5-13)14-10-25-15(20-14)12-6-8-18-9-7-12/h1-5,10-12,16,18,21H,6-9H2. The first-order valence-electron chi connectivity index (χ1n) is 8.22. The highest BCUT2D eigenvalue weighted by molar-refractivity contribution is 7.09. The fourth-order valence-electron chi connectivity index (χ4n) is 2.92. The van der Waals surface area contributed by atoms with Crippen molar-refractivity contribution in [1.29, 1.82) is 0 Å². The molecule has 2 N–H and O–H groups in total. The first kappa shape index (κ1) is 16.6. The van der Waals surface area contributed by atoms with Crippen molar-refractivity contribution in [1.82, 2.24) is 25.5 Å². The minimum atomic E-state index is -0.457. The van der Waals surface area contributed by atoms with Crippen molar-refractivity contribution >= 4 is 29.5 Å². The molecule has 0 saturated carbocycles. The fraction of sp³-hybridized carbons (Fsp3) is 0.375. The molecule has 2 aliphatic heterocycles. The number of hydrazone groups is 1. The Kier molecular flexibility index (Phi) is 5.02. The number of para-hydroxylation sites is 1. The Bertz CT molecular complexity index is 720. The molecule has 0 aliphatic carbocycles. The zero-order chi connectivity index (χ0) is 17.1. The smallest absolute Gasteiger partial charge is 0.232 e. The van der Waals surface area contributed by atoms with Crippen LogP contribution in [0.2, 0.25) is 0 Å². The van der Waals surface area contributed by atoms with Crippen molar-refractivity contribution in [3.63, 3.8) is 0 Å². The molecular formula is C16H19ClN6OS. The number of hydrazine groups is 2. The Labute approximate surface area is 155 Å². The minimum Gasteiger partial charge on any atom is -0.463 e. The number of hydrogen-bond acceptors (Lipinski definition) is 8.